The van der Waals surface area contributed by atoms with Gasteiger partial charge in [-0.05, 0) is 19.8 Å². The zero-order valence-corrected chi connectivity index (χ0v) is 14.5. The van der Waals surface area contributed by atoms with Crippen LogP contribution in [0.2, 0.25) is 0 Å². The number of hydrogen-bond acceptors (Lipinski definition) is 6. The van der Waals surface area contributed by atoms with Gasteiger partial charge in [-0.3, -0.25) is 0 Å². The van der Waals surface area contributed by atoms with Gasteiger partial charge in [0, 0.05) is 11.5 Å². The van der Waals surface area contributed by atoms with Crippen LogP contribution in [-0.2, 0) is 10.0 Å². The van der Waals surface area contributed by atoms with Gasteiger partial charge in [0.1, 0.15) is 0 Å². The standard InChI is InChI=1S/C11H25N3O2S3/c1-4-7-17-12-9-13(18-8-5-2)11-14(10-12)19(15,16)6-3/h4-11H2,1-3H3. The first-order chi connectivity index (χ1) is 9.03. The van der Waals surface area contributed by atoms with Crippen LogP contribution in [0.5, 0.6) is 0 Å². The molecule has 1 heterocycles. The van der Waals surface area contributed by atoms with Crippen molar-refractivity contribution in [2.75, 3.05) is 37.3 Å². The molecule has 0 atom stereocenters. The molecular formula is C11H25N3O2S3. The Labute approximate surface area is 126 Å². The number of rotatable bonds is 8. The highest BCUT2D eigenvalue weighted by atomic mass is 32.2. The zero-order valence-electron chi connectivity index (χ0n) is 12.0. The van der Waals surface area contributed by atoms with Gasteiger partial charge in [0.2, 0.25) is 10.0 Å². The maximum Gasteiger partial charge on any atom is 0.216 e. The molecule has 1 rings (SSSR count). The minimum atomic E-state index is -3.11. The van der Waals surface area contributed by atoms with Crippen LogP contribution in [0, 0.1) is 0 Å². The summed E-state index contributed by atoms with van der Waals surface area (Å²) in [5, 5.41) is 0. The van der Waals surface area contributed by atoms with Gasteiger partial charge >= 0.3 is 0 Å². The van der Waals surface area contributed by atoms with Crippen LogP contribution in [0.1, 0.15) is 33.6 Å². The highest BCUT2D eigenvalue weighted by molar-refractivity contribution is 7.97. The van der Waals surface area contributed by atoms with E-state index in [1.807, 2.05) is 0 Å². The lowest BCUT2D eigenvalue weighted by Crippen LogP contribution is -2.52. The summed E-state index contributed by atoms with van der Waals surface area (Å²) < 4.78 is 30.0. The summed E-state index contributed by atoms with van der Waals surface area (Å²) in [5.41, 5.74) is 0. The van der Waals surface area contributed by atoms with Gasteiger partial charge < -0.3 is 0 Å². The second-order valence-corrected chi connectivity index (χ2v) is 9.03. The summed E-state index contributed by atoms with van der Waals surface area (Å²) in [6.07, 6.45) is 2.20. The van der Waals surface area contributed by atoms with Crippen LogP contribution < -0.4 is 0 Å². The van der Waals surface area contributed by atoms with E-state index in [-0.39, 0.29) is 5.75 Å². The molecule has 0 bridgehead atoms. The minimum Gasteiger partial charge on any atom is -0.221 e. The van der Waals surface area contributed by atoms with Crippen LogP contribution in [0.4, 0.5) is 0 Å². The Bertz CT molecular complexity index is 335. The highest BCUT2D eigenvalue weighted by Crippen LogP contribution is 2.24. The van der Waals surface area contributed by atoms with Crippen molar-refractivity contribution in [3.05, 3.63) is 0 Å². The van der Waals surface area contributed by atoms with E-state index in [2.05, 4.69) is 22.5 Å². The van der Waals surface area contributed by atoms with Crippen molar-refractivity contribution in [2.24, 2.45) is 0 Å². The Morgan fingerprint density at radius 2 is 1.37 bits per heavy atom. The number of sulfonamides is 1. The fourth-order valence-electron chi connectivity index (χ4n) is 1.62. The molecule has 0 N–H and O–H groups in total. The lowest BCUT2D eigenvalue weighted by molar-refractivity contribution is 0.146. The van der Waals surface area contributed by atoms with Gasteiger partial charge in [-0.1, -0.05) is 37.7 Å². The molecule has 0 unspecified atom stereocenters. The molecule has 19 heavy (non-hydrogen) atoms. The van der Waals surface area contributed by atoms with E-state index in [0.29, 0.717) is 13.3 Å². The van der Waals surface area contributed by atoms with Crippen molar-refractivity contribution in [1.29, 1.82) is 0 Å². The molecule has 0 aromatic carbocycles. The first kappa shape index (κ1) is 17.6. The summed E-state index contributed by atoms with van der Waals surface area (Å²) >= 11 is 3.47. The number of hydrogen-bond donors (Lipinski definition) is 0. The Morgan fingerprint density at radius 3 is 1.74 bits per heavy atom. The Morgan fingerprint density at radius 1 is 0.895 bits per heavy atom. The average Bonchev–Trinajstić information content (AvgIpc) is 2.42. The van der Waals surface area contributed by atoms with Gasteiger partial charge in [0.15, 0.2) is 0 Å². The second kappa shape index (κ2) is 8.74. The Kier molecular flexibility index (Phi) is 8.08. The van der Waals surface area contributed by atoms with Gasteiger partial charge in [-0.25, -0.2) is 17.0 Å². The summed E-state index contributed by atoms with van der Waals surface area (Å²) in [6, 6.07) is 0. The van der Waals surface area contributed by atoms with Crippen molar-refractivity contribution in [3.8, 4) is 0 Å². The summed E-state index contributed by atoms with van der Waals surface area (Å²) in [6.45, 7) is 7.82. The maximum absolute atomic E-state index is 12.0. The molecule has 0 saturated carbocycles. The Balaban J connectivity index is 2.66. The molecule has 8 heteroatoms. The molecule has 5 nitrogen and oxygen atoms in total. The zero-order chi connectivity index (χ0) is 14.3. The molecule has 0 amide bonds. The number of nitrogens with zero attached hydrogens (tertiary/aromatic N) is 3. The average molecular weight is 328 g/mol. The van der Waals surface area contributed by atoms with E-state index >= 15 is 0 Å². The van der Waals surface area contributed by atoms with Crippen LogP contribution in [0.3, 0.4) is 0 Å². The SMILES string of the molecule is CCCSN1CN(SCCC)CN(S(=O)(=O)CC)C1. The van der Waals surface area contributed by atoms with Gasteiger partial charge in [-0.15, -0.1) is 0 Å². The van der Waals surface area contributed by atoms with Crippen LogP contribution in [0.25, 0.3) is 0 Å². The largest absolute Gasteiger partial charge is 0.221 e. The van der Waals surface area contributed by atoms with E-state index < -0.39 is 10.0 Å². The molecule has 1 aliphatic rings. The molecule has 114 valence electrons. The Hall–Kier alpha value is 0.530. The van der Waals surface area contributed by atoms with Crippen molar-refractivity contribution in [1.82, 2.24) is 12.9 Å². The molecule has 0 radical (unpaired) electrons. The van der Waals surface area contributed by atoms with Gasteiger partial charge in [-0.2, -0.15) is 4.31 Å². The smallest absolute Gasteiger partial charge is 0.216 e. The van der Waals surface area contributed by atoms with Crippen molar-refractivity contribution >= 4 is 33.9 Å². The third-order valence-corrected chi connectivity index (χ3v) is 6.78. The lowest BCUT2D eigenvalue weighted by atomic mass is 10.6. The molecule has 0 aliphatic carbocycles. The van der Waals surface area contributed by atoms with Gasteiger partial charge in [0.25, 0.3) is 0 Å². The van der Waals surface area contributed by atoms with E-state index in [9.17, 15) is 8.42 Å². The first-order valence-electron chi connectivity index (χ1n) is 6.77. The lowest BCUT2D eigenvalue weighted by Gasteiger charge is -2.39. The normalized spacial score (nSPS) is 19.9. The maximum atomic E-state index is 12.0. The van der Waals surface area contributed by atoms with Crippen molar-refractivity contribution < 1.29 is 8.42 Å². The molecule has 1 saturated heterocycles. The monoisotopic (exact) mass is 327 g/mol. The first-order valence-corrected chi connectivity index (χ1v) is 10.3. The summed E-state index contributed by atoms with van der Waals surface area (Å²) in [4.78, 5) is 0. The van der Waals surface area contributed by atoms with Crippen LogP contribution in [0.15, 0.2) is 0 Å². The van der Waals surface area contributed by atoms with E-state index in [0.717, 1.165) is 31.0 Å². The fraction of sp³-hybridized carbons (Fsp3) is 1.00. The van der Waals surface area contributed by atoms with Crippen molar-refractivity contribution in [2.45, 2.75) is 33.6 Å². The molecule has 1 aliphatic heterocycles. The predicted molar refractivity (Wildman–Crippen MR) is 85.1 cm³/mol. The summed E-state index contributed by atoms with van der Waals surface area (Å²) in [5.74, 6) is 2.24. The minimum absolute atomic E-state index is 0.172. The van der Waals surface area contributed by atoms with E-state index in [4.69, 9.17) is 0 Å². The predicted octanol–water partition coefficient (Wildman–Crippen LogP) is 2.24. The van der Waals surface area contributed by atoms with E-state index in [1.54, 1.807) is 35.1 Å². The fourth-order valence-corrected chi connectivity index (χ4v) is 4.61. The van der Waals surface area contributed by atoms with Crippen molar-refractivity contribution in [3.63, 3.8) is 0 Å². The molecule has 0 aromatic rings. The van der Waals surface area contributed by atoms with Crippen LogP contribution >= 0.6 is 23.9 Å². The third-order valence-electron chi connectivity index (χ3n) is 2.66. The van der Waals surface area contributed by atoms with E-state index in [1.165, 1.54) is 0 Å². The topological polar surface area (TPSA) is 43.9 Å². The second-order valence-electron chi connectivity index (χ2n) is 4.41. The van der Waals surface area contributed by atoms with Gasteiger partial charge in [0.05, 0.1) is 25.8 Å². The molecule has 0 spiro atoms. The molecule has 0 aromatic heterocycles. The molecule has 1 fully saturated rings. The van der Waals surface area contributed by atoms with Crippen LogP contribution in [-0.4, -0.2) is 58.6 Å². The quantitative estimate of drug-likeness (QED) is 0.637. The molecular weight excluding hydrogens is 302 g/mol. The third kappa shape index (κ3) is 5.81. The summed E-state index contributed by atoms with van der Waals surface area (Å²) in [7, 11) is -3.11. The highest BCUT2D eigenvalue weighted by Gasteiger charge is 2.30.